The van der Waals surface area contributed by atoms with Crippen LogP contribution < -0.4 is 5.32 Å². The Hall–Kier alpha value is -2.62. The molecule has 0 spiro atoms. The summed E-state index contributed by atoms with van der Waals surface area (Å²) in [5.41, 5.74) is 5.77. The topological polar surface area (TPSA) is 62.0 Å². The number of aromatic amines is 1. The highest BCUT2D eigenvalue weighted by Gasteiger charge is 2.25. The molecule has 1 aromatic heterocycles. The number of Topliss-reactive ketones (excluding diaryl/α,β-unsaturated/α-hetero) is 1. The number of hydrogen-bond acceptors (Lipinski definition) is 2. The van der Waals surface area contributed by atoms with Crippen molar-refractivity contribution >= 4 is 29.0 Å². The summed E-state index contributed by atoms with van der Waals surface area (Å²) in [7, 11) is 0. The second-order valence-electron chi connectivity index (χ2n) is 5.38. The quantitative estimate of drug-likeness (QED) is 0.654. The molecule has 1 aliphatic heterocycles. The molecule has 3 rings (SSSR count). The van der Waals surface area contributed by atoms with E-state index >= 15 is 0 Å². The third-order valence-electron chi connectivity index (χ3n) is 3.69. The normalized spacial score (nSPS) is 15.2. The first-order chi connectivity index (χ1) is 9.95. The first-order valence-electron chi connectivity index (χ1n) is 6.80. The van der Waals surface area contributed by atoms with E-state index in [0.717, 1.165) is 28.2 Å². The van der Waals surface area contributed by atoms with Crippen LogP contribution >= 0.6 is 0 Å². The van der Waals surface area contributed by atoms with Gasteiger partial charge in [-0.1, -0.05) is 0 Å². The highest BCUT2D eigenvalue weighted by molar-refractivity contribution is 6.35. The maximum Gasteiger partial charge on any atom is 0.256 e. The van der Waals surface area contributed by atoms with Crippen LogP contribution in [-0.4, -0.2) is 16.7 Å². The molecule has 0 saturated carbocycles. The molecule has 0 unspecified atom stereocenters. The van der Waals surface area contributed by atoms with Crippen LogP contribution in [0.1, 0.15) is 39.8 Å². The van der Waals surface area contributed by atoms with Gasteiger partial charge in [-0.15, -0.1) is 0 Å². The summed E-state index contributed by atoms with van der Waals surface area (Å²) in [6, 6.07) is 7.31. The second-order valence-corrected chi connectivity index (χ2v) is 5.38. The number of rotatable bonds is 2. The van der Waals surface area contributed by atoms with Gasteiger partial charge in [0.15, 0.2) is 5.78 Å². The number of anilines is 1. The Morgan fingerprint density at radius 2 is 1.95 bits per heavy atom. The molecule has 4 nitrogen and oxygen atoms in total. The lowest BCUT2D eigenvalue weighted by molar-refractivity contribution is -0.110. The minimum absolute atomic E-state index is 0.0107. The van der Waals surface area contributed by atoms with Crippen molar-refractivity contribution < 1.29 is 9.59 Å². The molecule has 21 heavy (non-hydrogen) atoms. The zero-order chi connectivity index (χ0) is 15.1. The van der Waals surface area contributed by atoms with Crippen LogP contribution in [0.3, 0.4) is 0 Å². The van der Waals surface area contributed by atoms with E-state index < -0.39 is 0 Å². The van der Waals surface area contributed by atoms with Crippen LogP contribution in [0.5, 0.6) is 0 Å². The maximum atomic E-state index is 12.2. The van der Waals surface area contributed by atoms with E-state index in [9.17, 15) is 9.59 Å². The minimum atomic E-state index is -0.141. The van der Waals surface area contributed by atoms with Crippen molar-refractivity contribution in [3.63, 3.8) is 0 Å². The van der Waals surface area contributed by atoms with Crippen molar-refractivity contribution in [3.05, 3.63) is 52.3 Å². The number of carbonyl (C=O) groups excluding carboxylic acids is 2. The predicted molar refractivity (Wildman–Crippen MR) is 83.2 cm³/mol. The minimum Gasteiger partial charge on any atom is -0.359 e. The second kappa shape index (κ2) is 4.74. The zero-order valence-corrected chi connectivity index (χ0v) is 12.2. The number of fused-ring (bicyclic) bond motifs is 1. The van der Waals surface area contributed by atoms with Gasteiger partial charge in [0.25, 0.3) is 5.91 Å². The van der Waals surface area contributed by atoms with Gasteiger partial charge < -0.3 is 10.3 Å². The molecule has 0 fully saturated rings. The molecule has 1 aromatic carbocycles. The largest absolute Gasteiger partial charge is 0.359 e. The fourth-order valence-corrected chi connectivity index (χ4v) is 2.59. The monoisotopic (exact) mass is 280 g/mol. The third-order valence-corrected chi connectivity index (χ3v) is 3.69. The number of amides is 1. The number of carbonyl (C=O) groups is 2. The van der Waals surface area contributed by atoms with Gasteiger partial charge in [-0.3, -0.25) is 9.59 Å². The van der Waals surface area contributed by atoms with E-state index in [2.05, 4.69) is 10.3 Å². The lowest BCUT2D eigenvalue weighted by Crippen LogP contribution is -2.03. The van der Waals surface area contributed by atoms with E-state index in [4.69, 9.17) is 0 Å². The number of ketones is 1. The average Bonchev–Trinajstić information content (AvgIpc) is 2.90. The van der Waals surface area contributed by atoms with Crippen LogP contribution in [-0.2, 0) is 4.79 Å². The predicted octanol–water partition coefficient (Wildman–Crippen LogP) is 3.33. The Labute approximate surface area is 122 Å². The molecule has 1 aliphatic rings. The summed E-state index contributed by atoms with van der Waals surface area (Å²) >= 11 is 0. The van der Waals surface area contributed by atoms with Gasteiger partial charge in [0, 0.05) is 28.2 Å². The lowest BCUT2D eigenvalue weighted by Gasteiger charge is -2.01. The summed E-state index contributed by atoms with van der Waals surface area (Å²) < 4.78 is 0. The SMILES string of the molecule is CC(=O)c1ccc2c(c1)/C(=C/c1[nH]c(C)cc1C)C(=O)N2. The van der Waals surface area contributed by atoms with Crippen LogP contribution in [0.2, 0.25) is 0 Å². The molecular formula is C17H16N2O2. The number of nitrogens with one attached hydrogen (secondary N) is 2. The van der Waals surface area contributed by atoms with Crippen molar-refractivity contribution in [2.75, 3.05) is 5.32 Å². The highest BCUT2D eigenvalue weighted by Crippen LogP contribution is 2.34. The van der Waals surface area contributed by atoms with Crippen molar-refractivity contribution in [1.29, 1.82) is 0 Å². The fourth-order valence-electron chi connectivity index (χ4n) is 2.59. The molecule has 2 heterocycles. The standard InChI is InChI=1S/C17H16N2O2/c1-9-6-10(2)18-16(9)8-14-13-7-12(11(3)20)4-5-15(13)19-17(14)21/h4-8,18H,1-3H3,(H,19,21)/b14-8-. The number of aromatic nitrogens is 1. The molecule has 1 amide bonds. The highest BCUT2D eigenvalue weighted by atomic mass is 16.2. The molecule has 0 radical (unpaired) electrons. The average molecular weight is 280 g/mol. The van der Waals surface area contributed by atoms with E-state index in [1.165, 1.54) is 6.92 Å². The Kier molecular flexibility index (Phi) is 3.01. The molecular weight excluding hydrogens is 264 g/mol. The van der Waals surface area contributed by atoms with Crippen LogP contribution in [0.4, 0.5) is 5.69 Å². The Bertz CT molecular complexity index is 797. The third kappa shape index (κ3) is 2.29. The van der Waals surface area contributed by atoms with Crippen molar-refractivity contribution in [3.8, 4) is 0 Å². The first-order valence-corrected chi connectivity index (χ1v) is 6.80. The van der Waals surface area contributed by atoms with Gasteiger partial charge >= 0.3 is 0 Å². The lowest BCUT2D eigenvalue weighted by atomic mass is 10.0. The van der Waals surface area contributed by atoms with E-state index in [-0.39, 0.29) is 11.7 Å². The van der Waals surface area contributed by atoms with Crippen LogP contribution in [0.15, 0.2) is 24.3 Å². The smallest absolute Gasteiger partial charge is 0.256 e. The zero-order valence-electron chi connectivity index (χ0n) is 12.2. The molecule has 2 aromatic rings. The summed E-state index contributed by atoms with van der Waals surface area (Å²) in [5.74, 6) is -0.152. The first kappa shape index (κ1) is 13.4. The maximum absolute atomic E-state index is 12.2. The Morgan fingerprint density at radius 3 is 2.57 bits per heavy atom. The molecule has 0 bridgehead atoms. The number of aryl methyl sites for hydroxylation is 2. The Balaban J connectivity index is 2.13. The summed E-state index contributed by atoms with van der Waals surface area (Å²) in [5, 5.41) is 2.83. The van der Waals surface area contributed by atoms with Crippen molar-refractivity contribution in [2.45, 2.75) is 20.8 Å². The van der Waals surface area contributed by atoms with Gasteiger partial charge in [-0.05, 0) is 56.7 Å². The number of hydrogen-bond donors (Lipinski definition) is 2. The molecule has 2 N–H and O–H groups in total. The molecule has 0 saturated heterocycles. The van der Waals surface area contributed by atoms with Gasteiger partial charge in [0.1, 0.15) is 0 Å². The summed E-state index contributed by atoms with van der Waals surface area (Å²) in [6.07, 6.45) is 1.84. The molecule has 106 valence electrons. The summed E-state index contributed by atoms with van der Waals surface area (Å²) in [6.45, 7) is 5.50. The van der Waals surface area contributed by atoms with Crippen LogP contribution in [0, 0.1) is 13.8 Å². The Morgan fingerprint density at radius 1 is 1.19 bits per heavy atom. The number of H-pyrrole nitrogens is 1. The van der Waals surface area contributed by atoms with Gasteiger partial charge in [0.2, 0.25) is 0 Å². The molecule has 0 aliphatic carbocycles. The van der Waals surface area contributed by atoms with Gasteiger partial charge in [-0.25, -0.2) is 0 Å². The van der Waals surface area contributed by atoms with Gasteiger partial charge in [-0.2, -0.15) is 0 Å². The van der Waals surface area contributed by atoms with E-state index in [1.54, 1.807) is 18.2 Å². The number of benzene rings is 1. The van der Waals surface area contributed by atoms with Crippen molar-refractivity contribution in [2.24, 2.45) is 0 Å². The van der Waals surface area contributed by atoms with Crippen LogP contribution in [0.25, 0.3) is 11.6 Å². The van der Waals surface area contributed by atoms with Gasteiger partial charge in [0.05, 0.1) is 5.57 Å². The van der Waals surface area contributed by atoms with Crippen molar-refractivity contribution in [1.82, 2.24) is 4.98 Å². The summed E-state index contributed by atoms with van der Waals surface area (Å²) in [4.78, 5) is 26.9. The van der Waals surface area contributed by atoms with E-state index in [0.29, 0.717) is 11.1 Å². The fraction of sp³-hybridized carbons (Fsp3) is 0.176. The van der Waals surface area contributed by atoms with E-state index in [1.807, 2.05) is 26.0 Å². The molecule has 4 heteroatoms. The molecule has 0 atom stereocenters.